The highest BCUT2D eigenvalue weighted by molar-refractivity contribution is 9.10. The summed E-state index contributed by atoms with van der Waals surface area (Å²) in [4.78, 5) is 4.27. The van der Waals surface area contributed by atoms with Crippen LogP contribution in [0.5, 0.6) is 0 Å². The van der Waals surface area contributed by atoms with Gasteiger partial charge in [-0.1, -0.05) is 24.3 Å². The molecule has 0 atom stereocenters. The summed E-state index contributed by atoms with van der Waals surface area (Å²) in [6.07, 6.45) is 1.83. The Labute approximate surface area is 122 Å². The molecule has 0 aliphatic rings. The lowest BCUT2D eigenvalue weighted by Gasteiger charge is -2.09. The second-order valence-corrected chi connectivity index (χ2v) is 5.19. The molecule has 1 aromatic heterocycles. The SMILES string of the molecule is COCc1cccc(CNc2cnc(Br)c(C)c2)c1. The third-order valence-corrected chi connectivity index (χ3v) is 3.64. The standard InChI is InChI=1S/C15H17BrN2O/c1-11-6-14(9-18-15(11)16)17-8-12-4-3-5-13(7-12)10-19-2/h3-7,9,17H,8,10H2,1-2H3. The Hall–Kier alpha value is -1.39. The minimum absolute atomic E-state index is 0.646. The number of aromatic nitrogens is 1. The summed E-state index contributed by atoms with van der Waals surface area (Å²) >= 11 is 3.40. The number of benzene rings is 1. The van der Waals surface area contributed by atoms with Gasteiger partial charge in [0.25, 0.3) is 0 Å². The summed E-state index contributed by atoms with van der Waals surface area (Å²) in [6.45, 7) is 3.45. The highest BCUT2D eigenvalue weighted by Gasteiger charge is 2.00. The van der Waals surface area contributed by atoms with E-state index in [1.54, 1.807) is 7.11 Å². The Morgan fingerprint density at radius 2 is 2.05 bits per heavy atom. The number of ether oxygens (including phenoxy) is 1. The Morgan fingerprint density at radius 1 is 1.26 bits per heavy atom. The Morgan fingerprint density at radius 3 is 2.79 bits per heavy atom. The average molecular weight is 321 g/mol. The van der Waals surface area contributed by atoms with E-state index in [1.165, 1.54) is 11.1 Å². The smallest absolute Gasteiger partial charge is 0.109 e. The molecule has 0 aliphatic heterocycles. The number of anilines is 1. The van der Waals surface area contributed by atoms with Crippen LogP contribution in [-0.4, -0.2) is 12.1 Å². The van der Waals surface area contributed by atoms with Gasteiger partial charge >= 0.3 is 0 Å². The van der Waals surface area contributed by atoms with E-state index in [4.69, 9.17) is 4.74 Å². The molecule has 0 radical (unpaired) electrons. The highest BCUT2D eigenvalue weighted by atomic mass is 79.9. The van der Waals surface area contributed by atoms with Crippen LogP contribution in [0.4, 0.5) is 5.69 Å². The van der Waals surface area contributed by atoms with Gasteiger partial charge in [0.2, 0.25) is 0 Å². The molecule has 19 heavy (non-hydrogen) atoms. The monoisotopic (exact) mass is 320 g/mol. The quantitative estimate of drug-likeness (QED) is 0.848. The van der Waals surface area contributed by atoms with Crippen LogP contribution in [0.2, 0.25) is 0 Å². The first-order chi connectivity index (χ1) is 9.19. The van der Waals surface area contributed by atoms with Crippen LogP contribution in [0.15, 0.2) is 41.1 Å². The van der Waals surface area contributed by atoms with E-state index in [-0.39, 0.29) is 0 Å². The zero-order chi connectivity index (χ0) is 13.7. The molecule has 0 aliphatic carbocycles. The van der Waals surface area contributed by atoms with Gasteiger partial charge in [0.1, 0.15) is 4.60 Å². The molecule has 0 bridgehead atoms. The van der Waals surface area contributed by atoms with E-state index >= 15 is 0 Å². The number of methoxy groups -OCH3 is 1. The summed E-state index contributed by atoms with van der Waals surface area (Å²) < 4.78 is 6.03. The second kappa shape index (κ2) is 6.68. The Bertz CT molecular complexity index is 558. The maximum absolute atomic E-state index is 5.14. The van der Waals surface area contributed by atoms with Crippen molar-refractivity contribution in [2.45, 2.75) is 20.1 Å². The van der Waals surface area contributed by atoms with Gasteiger partial charge in [0, 0.05) is 13.7 Å². The first-order valence-electron chi connectivity index (χ1n) is 6.12. The fraction of sp³-hybridized carbons (Fsp3) is 0.267. The molecule has 100 valence electrons. The highest BCUT2D eigenvalue weighted by Crippen LogP contribution is 2.17. The maximum Gasteiger partial charge on any atom is 0.109 e. The number of rotatable bonds is 5. The number of nitrogens with zero attached hydrogens (tertiary/aromatic N) is 1. The molecular weight excluding hydrogens is 304 g/mol. The number of hydrogen-bond donors (Lipinski definition) is 1. The predicted octanol–water partition coefficient (Wildman–Crippen LogP) is 3.91. The van der Waals surface area contributed by atoms with Crippen molar-refractivity contribution in [1.82, 2.24) is 4.98 Å². The Balaban J connectivity index is 2.01. The second-order valence-electron chi connectivity index (χ2n) is 4.44. The molecule has 2 rings (SSSR count). The van der Waals surface area contributed by atoms with Crippen molar-refractivity contribution in [1.29, 1.82) is 0 Å². The van der Waals surface area contributed by atoms with E-state index in [0.717, 1.165) is 22.4 Å². The fourth-order valence-corrected chi connectivity index (χ4v) is 2.07. The normalized spacial score (nSPS) is 10.5. The number of nitrogens with one attached hydrogen (secondary N) is 1. The molecule has 0 spiro atoms. The third kappa shape index (κ3) is 4.04. The van der Waals surface area contributed by atoms with Crippen LogP contribution in [0.1, 0.15) is 16.7 Å². The summed E-state index contributed by atoms with van der Waals surface area (Å²) in [5.41, 5.74) is 4.57. The van der Waals surface area contributed by atoms with Crippen LogP contribution in [0, 0.1) is 6.92 Å². The number of aryl methyl sites for hydroxylation is 1. The predicted molar refractivity (Wildman–Crippen MR) is 81.2 cm³/mol. The number of hydrogen-bond acceptors (Lipinski definition) is 3. The zero-order valence-corrected chi connectivity index (χ0v) is 12.7. The summed E-state index contributed by atoms with van der Waals surface area (Å²) in [5.74, 6) is 0. The zero-order valence-electron chi connectivity index (χ0n) is 11.1. The van der Waals surface area contributed by atoms with Crippen LogP contribution >= 0.6 is 15.9 Å². The van der Waals surface area contributed by atoms with E-state index in [9.17, 15) is 0 Å². The Kier molecular flexibility index (Phi) is 4.93. The van der Waals surface area contributed by atoms with Gasteiger partial charge in [0.15, 0.2) is 0 Å². The van der Waals surface area contributed by atoms with Crippen molar-refractivity contribution in [3.05, 3.63) is 57.8 Å². The number of pyridine rings is 1. The summed E-state index contributed by atoms with van der Waals surface area (Å²) in [6, 6.07) is 10.5. The van der Waals surface area contributed by atoms with Crippen LogP contribution < -0.4 is 5.32 Å². The van der Waals surface area contributed by atoms with Crippen molar-refractivity contribution in [2.24, 2.45) is 0 Å². The molecule has 1 aromatic carbocycles. The van der Waals surface area contributed by atoms with Gasteiger partial charge in [-0.25, -0.2) is 4.98 Å². The minimum atomic E-state index is 0.646. The maximum atomic E-state index is 5.14. The van der Waals surface area contributed by atoms with Gasteiger partial charge in [0.05, 0.1) is 18.5 Å². The summed E-state index contributed by atoms with van der Waals surface area (Å²) in [7, 11) is 1.71. The fourth-order valence-electron chi connectivity index (χ4n) is 1.85. The minimum Gasteiger partial charge on any atom is -0.380 e. The van der Waals surface area contributed by atoms with Gasteiger partial charge in [-0.15, -0.1) is 0 Å². The molecular formula is C15H17BrN2O. The lowest BCUT2D eigenvalue weighted by atomic mass is 10.1. The molecule has 1 N–H and O–H groups in total. The average Bonchev–Trinajstić information content (AvgIpc) is 2.41. The largest absolute Gasteiger partial charge is 0.380 e. The van der Waals surface area contributed by atoms with Gasteiger partial charge < -0.3 is 10.1 Å². The lowest BCUT2D eigenvalue weighted by Crippen LogP contribution is -2.01. The van der Waals surface area contributed by atoms with Crippen LogP contribution in [0.3, 0.4) is 0 Å². The van der Waals surface area contributed by atoms with E-state index < -0.39 is 0 Å². The van der Waals surface area contributed by atoms with Crippen molar-refractivity contribution >= 4 is 21.6 Å². The molecule has 0 fully saturated rings. The molecule has 4 heteroatoms. The van der Waals surface area contributed by atoms with Crippen LogP contribution in [-0.2, 0) is 17.9 Å². The first kappa shape index (κ1) is 14.0. The third-order valence-electron chi connectivity index (χ3n) is 2.81. The van der Waals surface area contributed by atoms with Gasteiger partial charge in [-0.05, 0) is 45.6 Å². The van der Waals surface area contributed by atoms with E-state index in [0.29, 0.717) is 6.61 Å². The molecule has 3 nitrogen and oxygen atoms in total. The van der Waals surface area contributed by atoms with Crippen molar-refractivity contribution in [3.63, 3.8) is 0 Å². The van der Waals surface area contributed by atoms with E-state index in [1.807, 2.05) is 13.1 Å². The molecule has 2 aromatic rings. The molecule has 0 saturated heterocycles. The topological polar surface area (TPSA) is 34.1 Å². The van der Waals surface area contributed by atoms with E-state index in [2.05, 4.69) is 56.6 Å². The van der Waals surface area contributed by atoms with Crippen molar-refractivity contribution < 1.29 is 4.74 Å². The number of halogens is 1. The molecule has 0 saturated carbocycles. The summed E-state index contributed by atoms with van der Waals surface area (Å²) in [5, 5.41) is 3.37. The first-order valence-corrected chi connectivity index (χ1v) is 6.91. The lowest BCUT2D eigenvalue weighted by molar-refractivity contribution is 0.185. The molecule has 1 heterocycles. The van der Waals surface area contributed by atoms with Crippen LogP contribution in [0.25, 0.3) is 0 Å². The van der Waals surface area contributed by atoms with Gasteiger partial charge in [-0.2, -0.15) is 0 Å². The van der Waals surface area contributed by atoms with Gasteiger partial charge in [-0.3, -0.25) is 0 Å². The van der Waals surface area contributed by atoms with Crippen molar-refractivity contribution in [3.8, 4) is 0 Å². The molecule has 0 amide bonds. The molecule has 0 unspecified atom stereocenters. The van der Waals surface area contributed by atoms with Crippen molar-refractivity contribution in [2.75, 3.05) is 12.4 Å².